The van der Waals surface area contributed by atoms with Gasteiger partial charge in [-0.3, -0.25) is 4.79 Å². The van der Waals surface area contributed by atoms with Gasteiger partial charge in [-0.1, -0.05) is 19.1 Å². The third kappa shape index (κ3) is 3.92. The summed E-state index contributed by atoms with van der Waals surface area (Å²) in [6.07, 6.45) is 1.51. The normalized spacial score (nSPS) is 18.1. The summed E-state index contributed by atoms with van der Waals surface area (Å²) in [6, 6.07) is 17.9. The minimum Gasteiger partial charge on any atom is -0.378 e. The Morgan fingerprint density at radius 3 is 2.33 bits per heavy atom. The maximum absolute atomic E-state index is 14.1. The molecule has 3 aromatic rings. The number of fused-ring (bicyclic) bond motifs is 1. The van der Waals surface area contributed by atoms with Crippen molar-refractivity contribution in [2.75, 3.05) is 10.2 Å². The fourth-order valence-electron chi connectivity index (χ4n) is 4.05. The average Bonchev–Trinajstić information content (AvgIpc) is 2.75. The Hall–Kier alpha value is -3.21. The first-order valence-electron chi connectivity index (χ1n) is 10.2. The predicted octanol–water partition coefficient (Wildman–Crippen LogP) is 6.12. The maximum Gasteiger partial charge on any atom is 0.258 e. The molecular formula is C25H24F2N2O. The van der Waals surface area contributed by atoms with E-state index in [9.17, 15) is 13.6 Å². The van der Waals surface area contributed by atoms with Crippen LogP contribution in [0.1, 0.15) is 47.8 Å². The third-order valence-electron chi connectivity index (χ3n) is 5.66. The zero-order chi connectivity index (χ0) is 21.3. The highest BCUT2D eigenvalue weighted by atomic mass is 19.1. The first-order chi connectivity index (χ1) is 14.5. The lowest BCUT2D eigenvalue weighted by Gasteiger charge is -2.40. The van der Waals surface area contributed by atoms with E-state index in [4.69, 9.17) is 0 Å². The van der Waals surface area contributed by atoms with E-state index < -0.39 is 0 Å². The van der Waals surface area contributed by atoms with Gasteiger partial charge in [-0.05, 0) is 79.9 Å². The van der Waals surface area contributed by atoms with Crippen LogP contribution in [0.3, 0.4) is 0 Å². The van der Waals surface area contributed by atoms with Crippen LogP contribution in [0.2, 0.25) is 0 Å². The molecule has 1 aliphatic heterocycles. The number of carbonyl (C=O) groups excluding carboxylic acids is 1. The smallest absolute Gasteiger partial charge is 0.258 e. The van der Waals surface area contributed by atoms with Crippen LogP contribution in [0, 0.1) is 11.6 Å². The largest absolute Gasteiger partial charge is 0.378 e. The monoisotopic (exact) mass is 406 g/mol. The number of hydrogen-bond donors (Lipinski definition) is 1. The van der Waals surface area contributed by atoms with Crippen LogP contribution in [0.4, 0.5) is 20.2 Å². The minimum atomic E-state index is -0.353. The van der Waals surface area contributed by atoms with Crippen LogP contribution < -0.4 is 10.2 Å². The van der Waals surface area contributed by atoms with Crippen molar-refractivity contribution >= 4 is 17.3 Å². The molecule has 0 unspecified atom stereocenters. The van der Waals surface area contributed by atoms with E-state index in [1.807, 2.05) is 31.2 Å². The quantitative estimate of drug-likeness (QED) is 0.566. The Bertz CT molecular complexity index is 1050. The Balaban J connectivity index is 1.68. The second-order valence-electron chi connectivity index (χ2n) is 7.72. The Kier molecular flexibility index (Phi) is 5.53. The standard InChI is InChI=1S/C25H24F2N2O/c1-3-17-4-6-18(7-5-17)25(30)29-16(2)14-23(22-15-20(27)10-13-24(22)29)28-21-11-8-19(26)9-12-21/h4-13,15-16,23,28H,3,14H2,1-2H3/t16-,23-/m1/s1. The SMILES string of the molecule is CCc1ccc(C(=O)N2c3ccc(F)cc3[C@H](Nc3ccc(F)cc3)C[C@H]2C)cc1. The number of anilines is 2. The van der Waals surface area contributed by atoms with E-state index in [0.29, 0.717) is 17.7 Å². The molecule has 0 bridgehead atoms. The highest BCUT2D eigenvalue weighted by Gasteiger charge is 2.34. The molecule has 0 spiro atoms. The summed E-state index contributed by atoms with van der Waals surface area (Å²) in [7, 11) is 0. The molecule has 0 fully saturated rings. The van der Waals surface area contributed by atoms with Crippen molar-refractivity contribution in [1.29, 1.82) is 0 Å². The molecule has 0 radical (unpaired) electrons. The van der Waals surface area contributed by atoms with Gasteiger partial charge in [-0.25, -0.2) is 8.78 Å². The Morgan fingerprint density at radius 1 is 1.00 bits per heavy atom. The summed E-state index contributed by atoms with van der Waals surface area (Å²) in [5.74, 6) is -0.762. The van der Waals surface area contributed by atoms with Gasteiger partial charge in [-0.15, -0.1) is 0 Å². The highest BCUT2D eigenvalue weighted by molar-refractivity contribution is 6.07. The van der Waals surface area contributed by atoms with E-state index in [-0.39, 0.29) is 29.6 Å². The summed E-state index contributed by atoms with van der Waals surface area (Å²) >= 11 is 0. The van der Waals surface area contributed by atoms with Gasteiger partial charge in [0.1, 0.15) is 11.6 Å². The van der Waals surface area contributed by atoms with Gasteiger partial charge >= 0.3 is 0 Å². The van der Waals surface area contributed by atoms with Crippen LogP contribution in [0.15, 0.2) is 66.7 Å². The van der Waals surface area contributed by atoms with Crippen molar-refractivity contribution < 1.29 is 13.6 Å². The second kappa shape index (κ2) is 8.27. The molecule has 1 heterocycles. The van der Waals surface area contributed by atoms with Crippen LogP contribution in [-0.4, -0.2) is 11.9 Å². The number of rotatable bonds is 4. The number of hydrogen-bond acceptors (Lipinski definition) is 2. The van der Waals surface area contributed by atoms with Gasteiger partial charge in [0.15, 0.2) is 0 Å². The van der Waals surface area contributed by atoms with Gasteiger partial charge in [-0.2, -0.15) is 0 Å². The van der Waals surface area contributed by atoms with E-state index >= 15 is 0 Å². The molecule has 0 saturated carbocycles. The number of amides is 1. The molecule has 154 valence electrons. The Labute approximate surface area is 175 Å². The summed E-state index contributed by atoms with van der Waals surface area (Å²) in [5.41, 5.74) is 3.94. The van der Waals surface area contributed by atoms with Crippen molar-refractivity contribution in [3.63, 3.8) is 0 Å². The molecule has 1 aliphatic rings. The maximum atomic E-state index is 14.1. The van der Waals surface area contributed by atoms with Crippen molar-refractivity contribution in [3.05, 3.63) is 95.1 Å². The summed E-state index contributed by atoms with van der Waals surface area (Å²) in [4.78, 5) is 15.1. The molecule has 1 N–H and O–H groups in total. The lowest BCUT2D eigenvalue weighted by Crippen LogP contribution is -2.44. The number of nitrogens with one attached hydrogen (secondary N) is 1. The van der Waals surface area contributed by atoms with Gasteiger partial charge in [0.25, 0.3) is 5.91 Å². The molecule has 0 aliphatic carbocycles. The van der Waals surface area contributed by atoms with Crippen molar-refractivity contribution in [2.45, 2.75) is 38.8 Å². The highest BCUT2D eigenvalue weighted by Crippen LogP contribution is 2.40. The topological polar surface area (TPSA) is 32.3 Å². The van der Waals surface area contributed by atoms with Crippen LogP contribution in [0.5, 0.6) is 0 Å². The van der Waals surface area contributed by atoms with Crippen LogP contribution in [-0.2, 0) is 6.42 Å². The molecule has 0 aromatic heterocycles. The van der Waals surface area contributed by atoms with Gasteiger partial charge in [0, 0.05) is 28.5 Å². The fraction of sp³-hybridized carbons (Fsp3) is 0.240. The van der Waals surface area contributed by atoms with E-state index in [1.54, 1.807) is 23.1 Å². The summed E-state index contributed by atoms with van der Waals surface area (Å²) in [5, 5.41) is 3.36. The third-order valence-corrected chi connectivity index (χ3v) is 5.66. The molecule has 0 saturated heterocycles. The van der Waals surface area contributed by atoms with Crippen molar-refractivity contribution in [2.24, 2.45) is 0 Å². The molecule has 5 heteroatoms. The number of aryl methyl sites for hydroxylation is 1. The molecule has 30 heavy (non-hydrogen) atoms. The fourth-order valence-corrected chi connectivity index (χ4v) is 4.05. The van der Waals surface area contributed by atoms with Crippen molar-refractivity contribution in [1.82, 2.24) is 0 Å². The van der Waals surface area contributed by atoms with Gasteiger partial charge in [0.2, 0.25) is 0 Å². The summed E-state index contributed by atoms with van der Waals surface area (Å²) in [6.45, 7) is 4.06. The number of benzene rings is 3. The van der Waals surface area contributed by atoms with E-state index in [0.717, 1.165) is 17.7 Å². The number of halogens is 2. The average molecular weight is 406 g/mol. The zero-order valence-electron chi connectivity index (χ0n) is 17.0. The van der Waals surface area contributed by atoms with Gasteiger partial charge < -0.3 is 10.2 Å². The zero-order valence-corrected chi connectivity index (χ0v) is 17.0. The minimum absolute atomic E-state index is 0.0979. The van der Waals surface area contributed by atoms with Crippen LogP contribution >= 0.6 is 0 Å². The van der Waals surface area contributed by atoms with E-state index in [1.165, 1.54) is 29.8 Å². The molecule has 1 amide bonds. The van der Waals surface area contributed by atoms with E-state index in [2.05, 4.69) is 12.2 Å². The first kappa shape index (κ1) is 20.1. The number of nitrogens with zero attached hydrogens (tertiary/aromatic N) is 1. The lowest BCUT2D eigenvalue weighted by atomic mass is 9.90. The molecule has 3 nitrogen and oxygen atoms in total. The molecule has 3 aromatic carbocycles. The molecular weight excluding hydrogens is 382 g/mol. The predicted molar refractivity (Wildman–Crippen MR) is 116 cm³/mol. The molecule has 2 atom stereocenters. The first-order valence-corrected chi connectivity index (χ1v) is 10.2. The Morgan fingerprint density at radius 2 is 1.67 bits per heavy atom. The molecule has 4 rings (SSSR count). The summed E-state index contributed by atoms with van der Waals surface area (Å²) < 4.78 is 27.4. The lowest BCUT2D eigenvalue weighted by molar-refractivity contribution is 0.0974. The van der Waals surface area contributed by atoms with Crippen LogP contribution in [0.25, 0.3) is 0 Å². The van der Waals surface area contributed by atoms with Gasteiger partial charge in [0.05, 0.1) is 6.04 Å². The number of carbonyl (C=O) groups is 1. The second-order valence-corrected chi connectivity index (χ2v) is 7.72. The van der Waals surface area contributed by atoms with Crippen molar-refractivity contribution in [3.8, 4) is 0 Å².